The van der Waals surface area contributed by atoms with Crippen LogP contribution in [0, 0.1) is 11.8 Å². The Morgan fingerprint density at radius 1 is 0.885 bits per heavy atom. The first-order chi connectivity index (χ1) is 12.8. The summed E-state index contributed by atoms with van der Waals surface area (Å²) in [6.07, 6.45) is 4.30. The van der Waals surface area contributed by atoms with E-state index in [0.29, 0.717) is 0 Å². The second-order valence-corrected chi connectivity index (χ2v) is 6.07. The highest BCUT2D eigenvalue weighted by Crippen LogP contribution is 2.36. The summed E-state index contributed by atoms with van der Waals surface area (Å²) in [6.45, 7) is 0. The minimum absolute atomic E-state index is 0.0442. The number of nitrogens with zero attached hydrogens (tertiary/aromatic N) is 1. The predicted octanol–water partition coefficient (Wildman–Crippen LogP) is 5.28. The van der Waals surface area contributed by atoms with E-state index < -0.39 is 0 Å². The van der Waals surface area contributed by atoms with E-state index in [2.05, 4.69) is 59.2 Å². The molecule has 126 valence electrons. The van der Waals surface area contributed by atoms with Gasteiger partial charge in [0.1, 0.15) is 11.8 Å². The summed E-state index contributed by atoms with van der Waals surface area (Å²) in [5.41, 5.74) is 4.42. The minimum Gasteiger partial charge on any atom is -0.497 e. The topological polar surface area (TPSA) is 12.5 Å². The van der Waals surface area contributed by atoms with Crippen LogP contribution in [0.5, 0.6) is 5.75 Å². The largest absolute Gasteiger partial charge is 0.497 e. The molecule has 1 unspecified atom stereocenters. The number of hydrogen-bond donors (Lipinski definition) is 0. The molecule has 0 radical (unpaired) electrons. The van der Waals surface area contributed by atoms with Crippen molar-refractivity contribution >= 4 is 17.5 Å². The molecule has 2 heteroatoms. The van der Waals surface area contributed by atoms with Crippen LogP contribution in [0.4, 0.5) is 11.4 Å². The number of fused-ring (bicyclic) bond motifs is 1. The molecule has 0 fully saturated rings. The van der Waals surface area contributed by atoms with Gasteiger partial charge in [-0.2, -0.15) is 0 Å². The molecule has 0 aromatic heterocycles. The van der Waals surface area contributed by atoms with Crippen molar-refractivity contribution in [3.05, 3.63) is 96.1 Å². The van der Waals surface area contributed by atoms with Crippen LogP contribution < -0.4 is 9.64 Å². The van der Waals surface area contributed by atoms with Gasteiger partial charge in [-0.3, -0.25) is 0 Å². The summed E-state index contributed by atoms with van der Waals surface area (Å²) >= 11 is 0. The van der Waals surface area contributed by atoms with Crippen molar-refractivity contribution in [1.82, 2.24) is 0 Å². The van der Waals surface area contributed by atoms with Gasteiger partial charge in [0, 0.05) is 23.0 Å². The van der Waals surface area contributed by atoms with Crippen molar-refractivity contribution in [1.29, 1.82) is 0 Å². The van der Waals surface area contributed by atoms with Gasteiger partial charge in [-0.15, -0.1) is 0 Å². The third-order valence-electron chi connectivity index (χ3n) is 4.40. The van der Waals surface area contributed by atoms with Crippen LogP contribution in [-0.2, 0) is 0 Å². The number of hydrogen-bond acceptors (Lipinski definition) is 2. The maximum absolute atomic E-state index is 5.42. The van der Waals surface area contributed by atoms with Gasteiger partial charge in [-0.25, -0.2) is 0 Å². The van der Waals surface area contributed by atoms with E-state index in [1.165, 1.54) is 5.56 Å². The Balaban J connectivity index is 1.79. The highest BCUT2D eigenvalue weighted by Gasteiger charge is 2.22. The summed E-state index contributed by atoms with van der Waals surface area (Å²) in [6, 6.07) is 26.5. The number of rotatable bonds is 2. The fourth-order valence-corrected chi connectivity index (χ4v) is 3.13. The second-order valence-electron chi connectivity index (χ2n) is 6.07. The molecule has 26 heavy (non-hydrogen) atoms. The van der Waals surface area contributed by atoms with Crippen LogP contribution in [0.25, 0.3) is 6.08 Å². The van der Waals surface area contributed by atoms with Crippen LogP contribution >= 0.6 is 0 Å². The van der Waals surface area contributed by atoms with Gasteiger partial charge < -0.3 is 9.64 Å². The van der Waals surface area contributed by atoms with Crippen molar-refractivity contribution in [3.8, 4) is 17.6 Å². The van der Waals surface area contributed by atoms with Crippen molar-refractivity contribution in [3.63, 3.8) is 0 Å². The van der Waals surface area contributed by atoms with Crippen LogP contribution in [0.1, 0.15) is 11.1 Å². The zero-order chi connectivity index (χ0) is 17.8. The quantitative estimate of drug-likeness (QED) is 0.590. The van der Waals surface area contributed by atoms with Gasteiger partial charge in [-0.1, -0.05) is 60.4 Å². The molecular weight excluding hydrogens is 318 g/mol. The Kier molecular flexibility index (Phi) is 4.45. The second kappa shape index (κ2) is 7.21. The lowest BCUT2D eigenvalue weighted by Gasteiger charge is -2.33. The molecule has 0 spiro atoms. The van der Waals surface area contributed by atoms with Gasteiger partial charge in [0.15, 0.2) is 0 Å². The molecule has 3 aromatic rings. The van der Waals surface area contributed by atoms with E-state index in [-0.39, 0.29) is 6.04 Å². The molecule has 4 rings (SSSR count). The van der Waals surface area contributed by atoms with Gasteiger partial charge in [-0.05, 0) is 42.0 Å². The molecule has 1 heterocycles. The molecule has 0 aliphatic carbocycles. The summed E-state index contributed by atoms with van der Waals surface area (Å²) < 4.78 is 5.42. The Morgan fingerprint density at radius 3 is 2.54 bits per heavy atom. The Bertz CT molecular complexity index is 995. The van der Waals surface area contributed by atoms with E-state index in [0.717, 1.165) is 22.7 Å². The molecule has 0 N–H and O–H groups in total. The zero-order valence-electron chi connectivity index (χ0n) is 14.6. The van der Waals surface area contributed by atoms with Crippen LogP contribution in [0.3, 0.4) is 0 Å². The van der Waals surface area contributed by atoms with Crippen molar-refractivity contribution in [2.75, 3.05) is 12.0 Å². The lowest BCUT2D eigenvalue weighted by molar-refractivity contribution is 0.415. The Morgan fingerprint density at radius 2 is 1.69 bits per heavy atom. The standard InChI is InChI=1S/C24H19NO/c1-26-23-12-7-11-22(18-23)25-21(16-14-19-8-3-2-4-9-19)17-15-20-10-5-6-13-24(20)25/h2-13,15,17-18,21H,1H3. The first-order valence-electron chi connectivity index (χ1n) is 8.62. The van der Waals surface area contributed by atoms with Crippen molar-refractivity contribution < 1.29 is 4.74 Å². The maximum atomic E-state index is 5.42. The SMILES string of the molecule is COc1cccc(N2c3ccccc3C=CC2C#Cc2ccccc2)c1. The summed E-state index contributed by atoms with van der Waals surface area (Å²) in [5.74, 6) is 7.55. The van der Waals surface area contributed by atoms with Crippen LogP contribution in [-0.4, -0.2) is 13.2 Å². The average Bonchev–Trinajstić information content (AvgIpc) is 2.72. The predicted molar refractivity (Wildman–Crippen MR) is 108 cm³/mol. The summed E-state index contributed by atoms with van der Waals surface area (Å²) in [5, 5.41) is 0. The van der Waals surface area contributed by atoms with E-state index in [1.54, 1.807) is 7.11 Å². The minimum atomic E-state index is -0.0442. The summed E-state index contributed by atoms with van der Waals surface area (Å²) in [7, 11) is 1.69. The van der Waals surface area contributed by atoms with E-state index in [4.69, 9.17) is 4.74 Å². The molecule has 0 bridgehead atoms. The highest BCUT2D eigenvalue weighted by atomic mass is 16.5. The molecule has 0 amide bonds. The number of benzene rings is 3. The molecule has 1 atom stereocenters. The van der Waals surface area contributed by atoms with Crippen molar-refractivity contribution in [2.24, 2.45) is 0 Å². The Labute approximate surface area is 154 Å². The molecule has 1 aliphatic rings. The van der Waals surface area contributed by atoms with Crippen LogP contribution in [0.15, 0.2) is 84.9 Å². The van der Waals surface area contributed by atoms with Gasteiger partial charge >= 0.3 is 0 Å². The molecule has 0 saturated carbocycles. The van der Waals surface area contributed by atoms with E-state index >= 15 is 0 Å². The number of ether oxygens (including phenoxy) is 1. The molecule has 3 aromatic carbocycles. The molecule has 2 nitrogen and oxygen atoms in total. The number of para-hydroxylation sites is 1. The van der Waals surface area contributed by atoms with Gasteiger partial charge in [0.2, 0.25) is 0 Å². The summed E-state index contributed by atoms with van der Waals surface area (Å²) in [4.78, 5) is 2.26. The fourth-order valence-electron chi connectivity index (χ4n) is 3.13. The first kappa shape index (κ1) is 16.1. The molecule has 0 saturated heterocycles. The van der Waals surface area contributed by atoms with E-state index in [9.17, 15) is 0 Å². The number of methoxy groups -OCH3 is 1. The lowest BCUT2D eigenvalue weighted by atomic mass is 10.0. The molecule has 1 aliphatic heterocycles. The smallest absolute Gasteiger partial charge is 0.120 e. The number of anilines is 2. The lowest BCUT2D eigenvalue weighted by Crippen LogP contribution is -2.30. The third-order valence-corrected chi connectivity index (χ3v) is 4.40. The zero-order valence-corrected chi connectivity index (χ0v) is 14.6. The van der Waals surface area contributed by atoms with Crippen molar-refractivity contribution in [2.45, 2.75) is 6.04 Å². The first-order valence-corrected chi connectivity index (χ1v) is 8.62. The van der Waals surface area contributed by atoms with Gasteiger partial charge in [0.25, 0.3) is 0 Å². The average molecular weight is 337 g/mol. The normalized spacial score (nSPS) is 15.0. The maximum Gasteiger partial charge on any atom is 0.120 e. The monoisotopic (exact) mass is 337 g/mol. The van der Waals surface area contributed by atoms with Crippen LogP contribution in [0.2, 0.25) is 0 Å². The molecular formula is C24H19NO. The fraction of sp³-hybridized carbons (Fsp3) is 0.0833. The Hall–Kier alpha value is -3.44. The highest BCUT2D eigenvalue weighted by molar-refractivity contribution is 5.80. The third kappa shape index (κ3) is 3.20. The van der Waals surface area contributed by atoms with Gasteiger partial charge in [0.05, 0.1) is 7.11 Å². The van der Waals surface area contributed by atoms with E-state index in [1.807, 2.05) is 48.5 Å².